The largest absolute Gasteiger partial charge is 0.301 e. The Morgan fingerprint density at radius 2 is 2.12 bits per heavy atom. The average Bonchev–Trinajstić information content (AvgIpc) is 2.33. The monoisotopic (exact) mass is 217 g/mol. The molecule has 0 saturated heterocycles. The summed E-state index contributed by atoms with van der Waals surface area (Å²) in [4.78, 5) is 0. The second kappa shape index (κ2) is 5.01. The molecule has 2 aliphatic carbocycles. The van der Waals surface area contributed by atoms with Gasteiger partial charge in [0.2, 0.25) is 0 Å². The molecule has 0 heterocycles. The zero-order valence-electron chi connectivity index (χ0n) is 10.3. The van der Waals surface area contributed by atoms with Crippen LogP contribution in [0.2, 0.25) is 0 Å². The number of hydrogen-bond donors (Lipinski definition) is 1. The van der Waals surface area contributed by atoms with Crippen molar-refractivity contribution >= 4 is 0 Å². The van der Waals surface area contributed by atoms with Crippen LogP contribution in [0.25, 0.3) is 0 Å². The second-order valence-electron chi connectivity index (χ2n) is 5.25. The van der Waals surface area contributed by atoms with Gasteiger partial charge >= 0.3 is 0 Å². The first-order chi connectivity index (χ1) is 7.76. The van der Waals surface area contributed by atoms with Gasteiger partial charge < -0.3 is 5.32 Å². The van der Waals surface area contributed by atoms with Gasteiger partial charge in [0.25, 0.3) is 0 Å². The van der Waals surface area contributed by atoms with Crippen LogP contribution in [-0.4, -0.2) is 11.6 Å². The summed E-state index contributed by atoms with van der Waals surface area (Å²) in [5.74, 6) is 0.796. The maximum absolute atomic E-state index is 4.00. The van der Waals surface area contributed by atoms with Crippen molar-refractivity contribution in [3.8, 4) is 0 Å². The van der Waals surface area contributed by atoms with Gasteiger partial charge in [-0.25, -0.2) is 0 Å². The zero-order valence-corrected chi connectivity index (χ0v) is 10.3. The minimum absolute atomic E-state index is 0.00498. The molecule has 2 aliphatic rings. The molecule has 1 nitrogen and oxygen atoms in total. The summed E-state index contributed by atoms with van der Waals surface area (Å²) in [5.41, 5.74) is 0.00498. The maximum Gasteiger partial charge on any atom is 0.0587 e. The Hall–Kier alpha value is -0.820. The van der Waals surface area contributed by atoms with Crippen molar-refractivity contribution in [2.45, 2.75) is 50.6 Å². The number of rotatable bonds is 3. The van der Waals surface area contributed by atoms with E-state index in [1.807, 2.05) is 0 Å². The van der Waals surface area contributed by atoms with Gasteiger partial charge in [0.15, 0.2) is 0 Å². The fourth-order valence-electron chi connectivity index (χ4n) is 2.83. The zero-order chi connectivity index (χ0) is 11.4. The first kappa shape index (κ1) is 11.7. The molecule has 0 bridgehead atoms. The summed E-state index contributed by atoms with van der Waals surface area (Å²) in [6.45, 7) is 6.37. The minimum atomic E-state index is 0.00498. The third kappa shape index (κ3) is 2.46. The van der Waals surface area contributed by atoms with Crippen LogP contribution in [0.4, 0.5) is 0 Å². The van der Waals surface area contributed by atoms with Crippen LogP contribution in [0, 0.1) is 5.92 Å². The second-order valence-corrected chi connectivity index (χ2v) is 5.25. The average molecular weight is 217 g/mol. The molecular formula is C15H23N. The highest BCUT2D eigenvalue weighted by Crippen LogP contribution is 2.28. The van der Waals surface area contributed by atoms with E-state index in [1.165, 1.54) is 25.7 Å². The molecule has 2 rings (SSSR count). The van der Waals surface area contributed by atoms with E-state index >= 15 is 0 Å². The molecule has 0 aliphatic heterocycles. The summed E-state index contributed by atoms with van der Waals surface area (Å²) in [7, 11) is 0. The highest BCUT2D eigenvalue weighted by atomic mass is 15.0. The molecular weight excluding hydrogens is 194 g/mol. The van der Waals surface area contributed by atoms with E-state index in [0.29, 0.717) is 6.04 Å². The lowest BCUT2D eigenvalue weighted by molar-refractivity contribution is 0.248. The van der Waals surface area contributed by atoms with Crippen molar-refractivity contribution in [2.24, 2.45) is 5.92 Å². The van der Waals surface area contributed by atoms with Crippen LogP contribution in [0.3, 0.4) is 0 Å². The highest BCUT2D eigenvalue weighted by molar-refractivity contribution is 5.27. The SMILES string of the molecule is C=C[C@@]1(NC2CCCCC2C)C=CC=CC1. The Kier molecular flexibility index (Phi) is 3.65. The van der Waals surface area contributed by atoms with E-state index < -0.39 is 0 Å². The van der Waals surface area contributed by atoms with Crippen molar-refractivity contribution in [3.63, 3.8) is 0 Å². The molecule has 88 valence electrons. The number of nitrogens with one attached hydrogen (secondary N) is 1. The van der Waals surface area contributed by atoms with E-state index in [0.717, 1.165) is 12.3 Å². The van der Waals surface area contributed by atoms with E-state index in [-0.39, 0.29) is 5.54 Å². The lowest BCUT2D eigenvalue weighted by Crippen LogP contribution is -2.51. The predicted molar refractivity (Wildman–Crippen MR) is 70.4 cm³/mol. The molecule has 0 spiro atoms. The van der Waals surface area contributed by atoms with Crippen molar-refractivity contribution < 1.29 is 0 Å². The first-order valence-corrected chi connectivity index (χ1v) is 6.51. The van der Waals surface area contributed by atoms with Gasteiger partial charge in [0, 0.05) is 6.04 Å². The van der Waals surface area contributed by atoms with Gasteiger partial charge in [-0.3, -0.25) is 0 Å². The molecule has 1 saturated carbocycles. The Labute approximate surface area is 99.3 Å². The molecule has 16 heavy (non-hydrogen) atoms. The van der Waals surface area contributed by atoms with E-state index in [9.17, 15) is 0 Å². The van der Waals surface area contributed by atoms with Crippen molar-refractivity contribution in [1.29, 1.82) is 0 Å². The maximum atomic E-state index is 4.00. The molecule has 2 unspecified atom stereocenters. The van der Waals surface area contributed by atoms with Crippen LogP contribution in [-0.2, 0) is 0 Å². The molecule has 1 N–H and O–H groups in total. The van der Waals surface area contributed by atoms with Gasteiger partial charge in [0.05, 0.1) is 5.54 Å². The number of hydrogen-bond acceptors (Lipinski definition) is 1. The molecule has 0 amide bonds. The molecule has 1 heteroatoms. The van der Waals surface area contributed by atoms with Crippen molar-refractivity contribution in [3.05, 3.63) is 37.0 Å². The van der Waals surface area contributed by atoms with Crippen LogP contribution in [0.5, 0.6) is 0 Å². The summed E-state index contributed by atoms with van der Waals surface area (Å²) < 4.78 is 0. The molecule has 3 atom stereocenters. The topological polar surface area (TPSA) is 12.0 Å². The van der Waals surface area contributed by atoms with Crippen LogP contribution in [0.15, 0.2) is 37.0 Å². The van der Waals surface area contributed by atoms with Gasteiger partial charge in [-0.05, 0) is 25.2 Å². The fourth-order valence-corrected chi connectivity index (χ4v) is 2.83. The Balaban J connectivity index is 2.03. The first-order valence-electron chi connectivity index (χ1n) is 6.51. The van der Waals surface area contributed by atoms with Crippen LogP contribution in [0.1, 0.15) is 39.0 Å². The van der Waals surface area contributed by atoms with Crippen LogP contribution >= 0.6 is 0 Å². The van der Waals surface area contributed by atoms with Gasteiger partial charge in [-0.2, -0.15) is 0 Å². The van der Waals surface area contributed by atoms with E-state index in [4.69, 9.17) is 0 Å². The lowest BCUT2D eigenvalue weighted by atomic mass is 9.82. The molecule has 0 aromatic rings. The quantitative estimate of drug-likeness (QED) is 0.712. The third-order valence-electron chi connectivity index (χ3n) is 4.03. The third-order valence-corrected chi connectivity index (χ3v) is 4.03. The Bertz CT molecular complexity index is 303. The Morgan fingerprint density at radius 3 is 2.75 bits per heavy atom. The van der Waals surface area contributed by atoms with E-state index in [2.05, 4.69) is 49.2 Å². The van der Waals surface area contributed by atoms with Gasteiger partial charge in [-0.1, -0.05) is 50.1 Å². The molecule has 0 radical (unpaired) electrons. The Morgan fingerprint density at radius 1 is 1.31 bits per heavy atom. The molecule has 0 aromatic heterocycles. The highest BCUT2D eigenvalue weighted by Gasteiger charge is 2.30. The van der Waals surface area contributed by atoms with Gasteiger partial charge in [0.1, 0.15) is 0 Å². The minimum Gasteiger partial charge on any atom is -0.301 e. The summed E-state index contributed by atoms with van der Waals surface area (Å²) >= 11 is 0. The van der Waals surface area contributed by atoms with E-state index in [1.54, 1.807) is 0 Å². The normalized spacial score (nSPS) is 38.6. The number of allylic oxidation sites excluding steroid dienone is 2. The standard InChI is InChI=1S/C15H23N/c1-3-15(11-7-4-8-12-15)16-14-10-6-5-9-13(14)2/h3-4,7-8,11,13-14,16H,1,5-6,9-10,12H2,2H3/t13?,14?,15-/m1/s1. The van der Waals surface area contributed by atoms with Gasteiger partial charge in [-0.15, -0.1) is 6.58 Å². The van der Waals surface area contributed by atoms with Crippen molar-refractivity contribution in [1.82, 2.24) is 5.32 Å². The molecule has 0 aromatic carbocycles. The summed E-state index contributed by atoms with van der Waals surface area (Å²) in [6.07, 6.45) is 17.3. The summed E-state index contributed by atoms with van der Waals surface area (Å²) in [6, 6.07) is 0.655. The van der Waals surface area contributed by atoms with Crippen LogP contribution < -0.4 is 5.32 Å². The fraction of sp³-hybridized carbons (Fsp3) is 0.600. The summed E-state index contributed by atoms with van der Waals surface area (Å²) in [5, 5.41) is 3.81. The lowest BCUT2D eigenvalue weighted by Gasteiger charge is -2.38. The smallest absolute Gasteiger partial charge is 0.0587 e. The predicted octanol–water partition coefficient (Wildman–Crippen LogP) is 3.60. The molecule has 1 fully saturated rings. The van der Waals surface area contributed by atoms with Crippen molar-refractivity contribution in [2.75, 3.05) is 0 Å².